The van der Waals surface area contributed by atoms with Gasteiger partial charge in [0.15, 0.2) is 0 Å². The largest absolute Gasteiger partial charge is 0.467 e. The van der Waals surface area contributed by atoms with E-state index in [4.69, 9.17) is 9.47 Å². The first kappa shape index (κ1) is 27.1. The van der Waals surface area contributed by atoms with Crippen LogP contribution >= 0.6 is 0 Å². The van der Waals surface area contributed by atoms with Crippen LogP contribution in [0.25, 0.3) is 0 Å². The Morgan fingerprint density at radius 1 is 1.06 bits per heavy atom. The molecule has 2 N–H and O–H groups in total. The van der Waals surface area contributed by atoms with Crippen LogP contribution in [0, 0.1) is 11.8 Å². The molecular formula is C25H37N3O6. The van der Waals surface area contributed by atoms with E-state index in [1.165, 1.54) is 12.0 Å². The molecule has 1 fully saturated rings. The smallest absolute Gasteiger partial charge is 0.329 e. The Kier molecular flexibility index (Phi) is 10.3. The van der Waals surface area contributed by atoms with E-state index in [0.29, 0.717) is 25.8 Å². The lowest BCUT2D eigenvalue weighted by molar-refractivity contribution is -0.155. The van der Waals surface area contributed by atoms with Gasteiger partial charge in [0.25, 0.3) is 0 Å². The van der Waals surface area contributed by atoms with E-state index >= 15 is 0 Å². The Labute approximate surface area is 201 Å². The Hall–Kier alpha value is -3.10. The van der Waals surface area contributed by atoms with Crippen LogP contribution in [0.15, 0.2) is 30.3 Å². The van der Waals surface area contributed by atoms with Crippen LogP contribution in [0.5, 0.6) is 0 Å². The maximum absolute atomic E-state index is 13.3. The Morgan fingerprint density at radius 2 is 1.74 bits per heavy atom. The van der Waals surface area contributed by atoms with Crippen molar-refractivity contribution in [3.63, 3.8) is 0 Å². The van der Waals surface area contributed by atoms with Crippen molar-refractivity contribution < 1.29 is 28.7 Å². The van der Waals surface area contributed by atoms with Crippen LogP contribution in [0.3, 0.4) is 0 Å². The highest BCUT2D eigenvalue weighted by atomic mass is 16.5. The van der Waals surface area contributed by atoms with Crippen LogP contribution < -0.4 is 10.6 Å². The molecule has 1 aliphatic heterocycles. The van der Waals surface area contributed by atoms with Gasteiger partial charge in [-0.1, -0.05) is 58.0 Å². The van der Waals surface area contributed by atoms with Gasteiger partial charge in [-0.25, -0.2) is 14.4 Å². The Balaban J connectivity index is 2.03. The van der Waals surface area contributed by atoms with Crippen molar-refractivity contribution in [3.05, 3.63) is 35.9 Å². The summed E-state index contributed by atoms with van der Waals surface area (Å²) in [5, 5.41) is 5.31. The van der Waals surface area contributed by atoms with Crippen LogP contribution in [-0.4, -0.2) is 60.6 Å². The summed E-state index contributed by atoms with van der Waals surface area (Å²) in [5.41, 5.74) is 0.867. The van der Waals surface area contributed by atoms with Crippen LogP contribution in [0.4, 0.5) is 4.79 Å². The fraction of sp³-hybridized carbons (Fsp3) is 0.600. The summed E-state index contributed by atoms with van der Waals surface area (Å²) in [6.07, 6.45) is 1.59. The predicted octanol–water partition coefficient (Wildman–Crippen LogP) is 2.63. The second kappa shape index (κ2) is 13.0. The minimum Gasteiger partial charge on any atom is -0.467 e. The molecule has 9 heteroatoms. The number of carbonyl (C=O) groups excluding carboxylic acids is 4. The van der Waals surface area contributed by atoms with Crippen LogP contribution in [0.1, 0.15) is 52.5 Å². The normalized spacial score (nSPS) is 17.3. The van der Waals surface area contributed by atoms with E-state index in [9.17, 15) is 19.2 Å². The number of hydrogen-bond donors (Lipinski definition) is 2. The van der Waals surface area contributed by atoms with Crippen LogP contribution in [0.2, 0.25) is 0 Å². The summed E-state index contributed by atoms with van der Waals surface area (Å²) in [6, 6.07) is 6.34. The number of rotatable bonds is 10. The molecule has 0 radical (unpaired) electrons. The highest BCUT2D eigenvalue weighted by Crippen LogP contribution is 2.22. The molecule has 0 aromatic heterocycles. The minimum absolute atomic E-state index is 0.136. The van der Waals surface area contributed by atoms with Crippen molar-refractivity contribution in [1.82, 2.24) is 15.5 Å². The number of benzene rings is 1. The van der Waals surface area contributed by atoms with E-state index in [-0.39, 0.29) is 24.3 Å². The highest BCUT2D eigenvalue weighted by molar-refractivity contribution is 5.92. The number of amides is 3. The first-order valence-corrected chi connectivity index (χ1v) is 11.8. The lowest BCUT2D eigenvalue weighted by atomic mass is 10.0. The summed E-state index contributed by atoms with van der Waals surface area (Å²) in [6.45, 7) is 8.04. The van der Waals surface area contributed by atoms with Crippen molar-refractivity contribution in [2.45, 2.75) is 71.7 Å². The maximum atomic E-state index is 13.3. The molecule has 1 saturated heterocycles. The minimum atomic E-state index is -0.861. The molecule has 2 rings (SSSR count). The van der Waals surface area contributed by atoms with Crippen molar-refractivity contribution in [1.29, 1.82) is 0 Å². The fourth-order valence-corrected chi connectivity index (χ4v) is 3.96. The third-order valence-corrected chi connectivity index (χ3v) is 5.75. The number of likely N-dealkylation sites (tertiary alicyclic amines) is 1. The third-order valence-electron chi connectivity index (χ3n) is 5.75. The standard InChI is InChI=1S/C25H37N3O6/c1-16(2)14-19(23(30)33-5)26-25(32)27-21(17(3)4)22(29)28-13-9-12-20(28)24(31)34-15-18-10-7-6-8-11-18/h6-8,10-11,16-17,19-21H,9,12-15H2,1-5H3,(H2,26,27,32)/t19-,20-,21-/m0/s1. The van der Waals surface area contributed by atoms with Gasteiger partial charge in [-0.05, 0) is 36.7 Å². The number of nitrogens with zero attached hydrogens (tertiary/aromatic N) is 1. The van der Waals surface area contributed by atoms with Gasteiger partial charge in [0.2, 0.25) is 5.91 Å². The van der Waals surface area contributed by atoms with E-state index in [2.05, 4.69) is 10.6 Å². The van der Waals surface area contributed by atoms with Crippen LogP contribution in [-0.2, 0) is 30.5 Å². The summed E-state index contributed by atoms with van der Waals surface area (Å²) in [4.78, 5) is 52.3. The average molecular weight is 476 g/mol. The van der Waals surface area contributed by atoms with E-state index in [1.807, 2.05) is 58.0 Å². The van der Waals surface area contributed by atoms with Crippen molar-refractivity contribution >= 4 is 23.9 Å². The maximum Gasteiger partial charge on any atom is 0.329 e. The molecule has 188 valence electrons. The highest BCUT2D eigenvalue weighted by Gasteiger charge is 2.39. The molecule has 0 bridgehead atoms. The van der Waals surface area contributed by atoms with Gasteiger partial charge in [0.1, 0.15) is 24.7 Å². The summed E-state index contributed by atoms with van der Waals surface area (Å²) in [5.74, 6) is -1.43. The summed E-state index contributed by atoms with van der Waals surface area (Å²) < 4.78 is 10.2. The molecule has 3 amide bonds. The molecular weight excluding hydrogens is 438 g/mol. The summed E-state index contributed by atoms with van der Waals surface area (Å²) in [7, 11) is 1.26. The molecule has 0 spiro atoms. The lowest BCUT2D eigenvalue weighted by Gasteiger charge is -2.30. The van der Waals surface area contributed by atoms with Gasteiger partial charge >= 0.3 is 18.0 Å². The van der Waals surface area contributed by atoms with Crippen molar-refractivity contribution in [3.8, 4) is 0 Å². The quantitative estimate of drug-likeness (QED) is 0.503. The van der Waals surface area contributed by atoms with Gasteiger partial charge in [0.05, 0.1) is 7.11 Å². The molecule has 3 atom stereocenters. The SMILES string of the molecule is COC(=O)[C@H](CC(C)C)NC(=O)N[C@H](C(=O)N1CCC[C@H]1C(=O)OCc1ccccc1)C(C)C. The van der Waals surface area contributed by atoms with Gasteiger partial charge in [-0.3, -0.25) is 4.79 Å². The zero-order valence-corrected chi connectivity index (χ0v) is 20.7. The molecule has 1 aliphatic rings. The van der Waals surface area contributed by atoms with E-state index < -0.39 is 36.1 Å². The number of methoxy groups -OCH3 is 1. The zero-order valence-electron chi connectivity index (χ0n) is 20.7. The summed E-state index contributed by atoms with van der Waals surface area (Å²) >= 11 is 0. The number of hydrogen-bond acceptors (Lipinski definition) is 6. The number of urea groups is 1. The van der Waals surface area contributed by atoms with E-state index in [0.717, 1.165) is 5.56 Å². The second-order valence-electron chi connectivity index (χ2n) is 9.33. The van der Waals surface area contributed by atoms with Crippen molar-refractivity contribution in [2.75, 3.05) is 13.7 Å². The van der Waals surface area contributed by atoms with Gasteiger partial charge in [0, 0.05) is 6.54 Å². The monoisotopic (exact) mass is 475 g/mol. The first-order valence-electron chi connectivity index (χ1n) is 11.8. The fourth-order valence-electron chi connectivity index (χ4n) is 3.96. The molecule has 1 aromatic carbocycles. The molecule has 0 unspecified atom stereocenters. The second-order valence-corrected chi connectivity index (χ2v) is 9.33. The zero-order chi connectivity index (χ0) is 25.3. The Morgan fingerprint density at radius 3 is 2.32 bits per heavy atom. The van der Waals surface area contributed by atoms with Gasteiger partial charge < -0.3 is 25.0 Å². The number of esters is 2. The predicted molar refractivity (Wildman–Crippen MR) is 127 cm³/mol. The molecule has 1 heterocycles. The number of carbonyl (C=O) groups is 4. The molecule has 0 saturated carbocycles. The molecule has 34 heavy (non-hydrogen) atoms. The van der Waals surface area contributed by atoms with Gasteiger partial charge in [-0.2, -0.15) is 0 Å². The average Bonchev–Trinajstić information content (AvgIpc) is 3.30. The van der Waals surface area contributed by atoms with Crippen molar-refractivity contribution in [2.24, 2.45) is 11.8 Å². The third kappa shape index (κ3) is 7.74. The number of nitrogens with one attached hydrogen (secondary N) is 2. The lowest BCUT2D eigenvalue weighted by Crippen LogP contribution is -2.57. The first-order chi connectivity index (χ1) is 16.1. The topological polar surface area (TPSA) is 114 Å². The number of ether oxygens (including phenoxy) is 2. The molecule has 1 aromatic rings. The van der Waals surface area contributed by atoms with E-state index in [1.54, 1.807) is 0 Å². The molecule has 9 nitrogen and oxygen atoms in total. The van der Waals surface area contributed by atoms with Gasteiger partial charge in [-0.15, -0.1) is 0 Å². The molecule has 0 aliphatic carbocycles. The Bertz CT molecular complexity index is 842.